The van der Waals surface area contributed by atoms with Gasteiger partial charge in [0.25, 0.3) is 0 Å². The molecule has 1 aliphatic rings. The Morgan fingerprint density at radius 2 is 1.81 bits per heavy atom. The van der Waals surface area contributed by atoms with Gasteiger partial charge in [-0.2, -0.15) is 4.31 Å². The largest absolute Gasteiger partial charge is 0.349 e. The highest BCUT2D eigenvalue weighted by Gasteiger charge is 2.51. The predicted molar refractivity (Wildman–Crippen MR) is 135 cm³/mol. The van der Waals surface area contributed by atoms with Gasteiger partial charge < -0.3 is 5.11 Å². The molecule has 0 saturated carbocycles. The first kappa shape index (κ1) is 26.9. The number of hydrogen-bond acceptors (Lipinski definition) is 4. The lowest BCUT2D eigenvalue weighted by molar-refractivity contribution is -0.510. The van der Waals surface area contributed by atoms with E-state index in [2.05, 4.69) is 17.7 Å². The van der Waals surface area contributed by atoms with Crippen LogP contribution >= 0.6 is 23.4 Å². The first-order valence-electron chi connectivity index (χ1n) is 11.0. The Bertz CT molecular complexity index is 947. The summed E-state index contributed by atoms with van der Waals surface area (Å²) in [6.45, 7) is 16.1. The highest BCUT2D eigenvalue weighted by atomic mass is 35.5. The second-order valence-corrected chi connectivity index (χ2v) is 10.9. The molecule has 1 fully saturated rings. The summed E-state index contributed by atoms with van der Waals surface area (Å²) in [7, 11) is -3.78. The molecule has 2 rings (SSSR count). The monoisotopic (exact) mass is 500 g/mol. The second-order valence-electron chi connectivity index (χ2n) is 7.66. The minimum absolute atomic E-state index is 0.0375. The number of hydrogen-bond donors (Lipinski definition) is 1. The summed E-state index contributed by atoms with van der Waals surface area (Å²) < 4.78 is 30.4. The third-order valence-electron chi connectivity index (χ3n) is 5.32. The summed E-state index contributed by atoms with van der Waals surface area (Å²) in [5.41, 5.74) is -0.847. The first-order chi connectivity index (χ1) is 15.2. The van der Waals surface area contributed by atoms with E-state index in [-0.39, 0.29) is 9.92 Å². The highest BCUT2D eigenvalue weighted by Crippen LogP contribution is 2.40. The average molecular weight is 501 g/mol. The van der Waals surface area contributed by atoms with Crippen LogP contribution in [0.5, 0.6) is 0 Å². The van der Waals surface area contributed by atoms with E-state index < -0.39 is 15.7 Å². The Balaban J connectivity index is 2.58. The summed E-state index contributed by atoms with van der Waals surface area (Å²) >= 11 is 7.90. The Hall–Kier alpha value is -1.32. The molecule has 0 amide bonds. The van der Waals surface area contributed by atoms with Crippen LogP contribution in [0.2, 0.25) is 5.02 Å². The van der Waals surface area contributed by atoms with Crippen LogP contribution in [0.25, 0.3) is 0 Å². The van der Waals surface area contributed by atoms with Gasteiger partial charge in [-0.05, 0) is 43.7 Å². The minimum Gasteiger partial charge on any atom is -0.349 e. The van der Waals surface area contributed by atoms with Crippen molar-refractivity contribution in [2.45, 2.75) is 44.2 Å². The van der Waals surface area contributed by atoms with Crippen molar-refractivity contribution in [2.24, 2.45) is 0 Å². The van der Waals surface area contributed by atoms with Gasteiger partial charge >= 0.3 is 5.17 Å². The molecular formula is C23H35ClN3O3S2+. The van der Waals surface area contributed by atoms with E-state index in [1.165, 1.54) is 22.1 Å². The molecule has 1 aliphatic heterocycles. The zero-order valence-electron chi connectivity index (χ0n) is 19.3. The molecule has 0 spiro atoms. The van der Waals surface area contributed by atoms with Crippen molar-refractivity contribution < 1.29 is 18.1 Å². The molecule has 1 unspecified atom stereocenters. The predicted octanol–water partition coefficient (Wildman–Crippen LogP) is 4.11. The molecule has 1 aromatic carbocycles. The number of benzene rings is 1. The van der Waals surface area contributed by atoms with Gasteiger partial charge in [0.1, 0.15) is 18.0 Å². The van der Waals surface area contributed by atoms with Gasteiger partial charge in [0.15, 0.2) is 0 Å². The van der Waals surface area contributed by atoms with Gasteiger partial charge in [0, 0.05) is 18.7 Å². The maximum atomic E-state index is 13.4. The fourth-order valence-electron chi connectivity index (χ4n) is 3.86. The van der Waals surface area contributed by atoms with Gasteiger partial charge in [0.05, 0.1) is 17.3 Å². The van der Waals surface area contributed by atoms with Crippen LogP contribution in [0, 0.1) is 0 Å². The van der Waals surface area contributed by atoms with E-state index in [0.717, 1.165) is 5.17 Å². The zero-order chi connectivity index (χ0) is 23.9. The first-order valence-corrected chi connectivity index (χ1v) is 13.8. The number of aliphatic hydroxyl groups is 1. The van der Waals surface area contributed by atoms with Crippen LogP contribution in [-0.4, -0.2) is 70.9 Å². The molecule has 178 valence electrons. The zero-order valence-corrected chi connectivity index (χ0v) is 21.6. The smallest absolute Gasteiger partial charge is 0.311 e. The third kappa shape index (κ3) is 5.42. The SMILES string of the molecule is C=CC[N+](CC=C)=C1SCC(O)(c2ccc(Cl)c(S(=O)(=O)N(CCC)CCC)c2)N1CC. The molecule has 1 heterocycles. The Morgan fingerprint density at radius 3 is 2.31 bits per heavy atom. The molecule has 1 atom stereocenters. The van der Waals surface area contributed by atoms with Crippen LogP contribution in [-0.2, 0) is 15.7 Å². The highest BCUT2D eigenvalue weighted by molar-refractivity contribution is 8.13. The topological polar surface area (TPSA) is 63.9 Å². The lowest BCUT2D eigenvalue weighted by Crippen LogP contribution is -2.47. The normalized spacial score (nSPS) is 18.9. The van der Waals surface area contributed by atoms with Crippen molar-refractivity contribution >= 4 is 38.6 Å². The molecule has 0 radical (unpaired) electrons. The van der Waals surface area contributed by atoms with Crippen molar-refractivity contribution in [3.05, 3.63) is 54.1 Å². The van der Waals surface area contributed by atoms with Gasteiger partial charge in [-0.3, -0.25) is 0 Å². The van der Waals surface area contributed by atoms with Crippen molar-refractivity contribution in [1.29, 1.82) is 0 Å². The Labute approximate surface area is 202 Å². The van der Waals surface area contributed by atoms with Gasteiger partial charge in [-0.15, -0.1) is 0 Å². The van der Waals surface area contributed by atoms with Crippen LogP contribution < -0.4 is 0 Å². The fourth-order valence-corrected chi connectivity index (χ4v) is 7.40. The molecular weight excluding hydrogens is 466 g/mol. The van der Waals surface area contributed by atoms with Crippen molar-refractivity contribution in [3.63, 3.8) is 0 Å². The van der Waals surface area contributed by atoms with Crippen molar-refractivity contribution in [2.75, 3.05) is 38.5 Å². The number of thioether (sulfide) groups is 1. The molecule has 32 heavy (non-hydrogen) atoms. The quantitative estimate of drug-likeness (QED) is 0.345. The molecule has 9 heteroatoms. The number of halogens is 1. The van der Waals surface area contributed by atoms with E-state index in [4.69, 9.17) is 11.6 Å². The van der Waals surface area contributed by atoms with Crippen LogP contribution in [0.1, 0.15) is 39.2 Å². The fraction of sp³-hybridized carbons (Fsp3) is 0.522. The van der Waals surface area contributed by atoms with Crippen LogP contribution in [0.4, 0.5) is 0 Å². The number of sulfonamides is 1. The van der Waals surface area contributed by atoms with Crippen LogP contribution in [0.3, 0.4) is 0 Å². The van der Waals surface area contributed by atoms with Gasteiger partial charge in [-0.25, -0.2) is 17.9 Å². The van der Waals surface area contributed by atoms with Gasteiger partial charge in [0.2, 0.25) is 15.7 Å². The molecule has 1 N–H and O–H groups in total. The van der Waals surface area contributed by atoms with Crippen LogP contribution in [0.15, 0.2) is 48.4 Å². The summed E-state index contributed by atoms with van der Waals surface area (Å²) in [4.78, 5) is 1.94. The molecule has 0 bridgehead atoms. The molecule has 1 aromatic rings. The summed E-state index contributed by atoms with van der Waals surface area (Å²) in [6, 6.07) is 4.82. The molecule has 0 aromatic heterocycles. The maximum Gasteiger partial charge on any atom is 0.311 e. The Kier molecular flexibility index (Phi) is 9.85. The number of nitrogens with zero attached hydrogens (tertiary/aromatic N) is 3. The lowest BCUT2D eigenvalue weighted by Gasteiger charge is -2.29. The molecule has 1 saturated heterocycles. The van der Waals surface area contributed by atoms with E-state index in [1.807, 2.05) is 37.8 Å². The molecule has 0 aliphatic carbocycles. The van der Waals surface area contributed by atoms with E-state index in [1.54, 1.807) is 12.1 Å². The number of rotatable bonds is 12. The number of amidine groups is 1. The van der Waals surface area contributed by atoms with Gasteiger partial charge in [-0.1, -0.05) is 56.8 Å². The van der Waals surface area contributed by atoms with E-state index >= 15 is 0 Å². The summed E-state index contributed by atoms with van der Waals surface area (Å²) in [5, 5.41) is 12.8. The van der Waals surface area contributed by atoms with E-state index in [9.17, 15) is 13.5 Å². The standard InChI is InChI=1S/C23H35ClN3O3S2/c1-6-13-25(14-7-2)22-27(10-5)23(28,18-31-22)19-11-12-20(24)21(17-19)32(29,30)26(15-8-3)16-9-4/h6-7,11-12,17,28H,1-2,8-10,13-16,18H2,3-5H3/q+1. The maximum absolute atomic E-state index is 13.4. The summed E-state index contributed by atoms with van der Waals surface area (Å²) in [5.74, 6) is 0.371. The minimum atomic E-state index is -3.78. The van der Waals surface area contributed by atoms with Crippen molar-refractivity contribution in [3.8, 4) is 0 Å². The summed E-state index contributed by atoms with van der Waals surface area (Å²) in [6.07, 6.45) is 5.04. The second kappa shape index (κ2) is 11.7. The van der Waals surface area contributed by atoms with Crippen molar-refractivity contribution in [1.82, 2.24) is 9.21 Å². The molecule has 6 nitrogen and oxygen atoms in total. The average Bonchev–Trinajstić information content (AvgIpc) is 3.10. The lowest BCUT2D eigenvalue weighted by atomic mass is 10.0. The van der Waals surface area contributed by atoms with E-state index in [0.29, 0.717) is 56.9 Å². The third-order valence-corrected chi connectivity index (χ3v) is 8.99. The Morgan fingerprint density at radius 1 is 1.22 bits per heavy atom.